The summed E-state index contributed by atoms with van der Waals surface area (Å²) in [6.07, 6.45) is 2.32. The molecule has 0 aliphatic carbocycles. The molecule has 2 rings (SSSR count). The molecule has 0 saturated carbocycles. The predicted molar refractivity (Wildman–Crippen MR) is 83.0 cm³/mol. The molecule has 0 radical (unpaired) electrons. The lowest BCUT2D eigenvalue weighted by atomic mass is 10.1. The first kappa shape index (κ1) is 15.8. The molecule has 0 aliphatic rings. The molecule has 22 heavy (non-hydrogen) atoms. The highest BCUT2D eigenvalue weighted by molar-refractivity contribution is 5.83. The van der Waals surface area contributed by atoms with Gasteiger partial charge in [0.25, 0.3) is 0 Å². The molecule has 1 aromatic heterocycles. The maximum absolute atomic E-state index is 11.9. The molecule has 1 N–H and O–H groups in total. The van der Waals surface area contributed by atoms with E-state index >= 15 is 0 Å². The minimum Gasteiger partial charge on any atom is -0.467 e. The zero-order valence-electron chi connectivity index (χ0n) is 12.6. The quantitative estimate of drug-likeness (QED) is 0.850. The molecule has 0 bridgehead atoms. The van der Waals surface area contributed by atoms with E-state index < -0.39 is 0 Å². The Morgan fingerprint density at radius 2 is 1.91 bits per heavy atom. The van der Waals surface area contributed by atoms with Crippen molar-refractivity contribution in [3.63, 3.8) is 0 Å². The summed E-state index contributed by atoms with van der Waals surface area (Å²) < 4.78 is 5.21. The molecule has 2 amide bonds. The third-order valence-electron chi connectivity index (χ3n) is 3.29. The van der Waals surface area contributed by atoms with Crippen LogP contribution in [0.4, 0.5) is 0 Å². The number of hydrogen-bond donors (Lipinski definition) is 1. The Labute approximate surface area is 129 Å². The fourth-order valence-electron chi connectivity index (χ4n) is 2.09. The smallest absolute Gasteiger partial charge is 0.239 e. The van der Waals surface area contributed by atoms with Crippen molar-refractivity contribution in [1.82, 2.24) is 10.2 Å². The van der Waals surface area contributed by atoms with E-state index in [2.05, 4.69) is 5.32 Å². The average Bonchev–Trinajstić information content (AvgIpc) is 3.00. The summed E-state index contributed by atoms with van der Waals surface area (Å²) in [6.45, 7) is 2.33. The molecule has 5 heteroatoms. The highest BCUT2D eigenvalue weighted by Crippen LogP contribution is 2.05. The Kier molecular flexibility index (Phi) is 5.77. The highest BCUT2D eigenvalue weighted by Gasteiger charge is 2.15. The number of amides is 2. The van der Waals surface area contributed by atoms with Crippen LogP contribution in [-0.4, -0.2) is 29.8 Å². The molecule has 116 valence electrons. The Morgan fingerprint density at radius 3 is 2.55 bits per heavy atom. The SMILES string of the molecule is CC(=O)N(CC(=O)NCCc1ccccc1)Cc1ccco1. The zero-order valence-corrected chi connectivity index (χ0v) is 12.6. The summed E-state index contributed by atoms with van der Waals surface area (Å²) in [5, 5.41) is 2.83. The normalized spacial score (nSPS) is 10.2. The van der Waals surface area contributed by atoms with Gasteiger partial charge in [0.1, 0.15) is 5.76 Å². The van der Waals surface area contributed by atoms with Crippen molar-refractivity contribution < 1.29 is 14.0 Å². The van der Waals surface area contributed by atoms with Crippen molar-refractivity contribution in [3.05, 3.63) is 60.1 Å². The van der Waals surface area contributed by atoms with Crippen LogP contribution in [0, 0.1) is 0 Å². The van der Waals surface area contributed by atoms with Crippen molar-refractivity contribution in [2.24, 2.45) is 0 Å². The number of hydrogen-bond acceptors (Lipinski definition) is 3. The van der Waals surface area contributed by atoms with Crippen LogP contribution in [0.5, 0.6) is 0 Å². The van der Waals surface area contributed by atoms with Crippen LogP contribution in [0.15, 0.2) is 53.1 Å². The van der Waals surface area contributed by atoms with Crippen LogP contribution in [-0.2, 0) is 22.6 Å². The van der Waals surface area contributed by atoms with Gasteiger partial charge in [-0.05, 0) is 24.1 Å². The monoisotopic (exact) mass is 300 g/mol. The molecule has 1 heterocycles. The van der Waals surface area contributed by atoms with Crippen molar-refractivity contribution in [2.45, 2.75) is 19.9 Å². The van der Waals surface area contributed by atoms with E-state index in [-0.39, 0.29) is 18.4 Å². The molecular formula is C17H20N2O3. The summed E-state index contributed by atoms with van der Waals surface area (Å²) in [6, 6.07) is 13.5. The summed E-state index contributed by atoms with van der Waals surface area (Å²) >= 11 is 0. The van der Waals surface area contributed by atoms with Crippen molar-refractivity contribution in [1.29, 1.82) is 0 Å². The number of furan rings is 1. The molecular weight excluding hydrogens is 280 g/mol. The topological polar surface area (TPSA) is 62.6 Å². The minimum atomic E-state index is -0.169. The van der Waals surface area contributed by atoms with E-state index in [4.69, 9.17) is 4.42 Å². The van der Waals surface area contributed by atoms with E-state index in [0.29, 0.717) is 18.8 Å². The van der Waals surface area contributed by atoms with E-state index in [1.807, 2.05) is 30.3 Å². The second-order valence-corrected chi connectivity index (χ2v) is 5.04. The van der Waals surface area contributed by atoms with Gasteiger partial charge in [-0.15, -0.1) is 0 Å². The van der Waals surface area contributed by atoms with Crippen LogP contribution < -0.4 is 5.32 Å². The Morgan fingerprint density at radius 1 is 1.14 bits per heavy atom. The van der Waals surface area contributed by atoms with E-state index in [9.17, 15) is 9.59 Å². The molecule has 5 nitrogen and oxygen atoms in total. The summed E-state index contributed by atoms with van der Waals surface area (Å²) in [7, 11) is 0. The Balaban J connectivity index is 1.77. The van der Waals surface area contributed by atoms with Crippen molar-refractivity contribution >= 4 is 11.8 Å². The van der Waals surface area contributed by atoms with Gasteiger partial charge in [-0.3, -0.25) is 9.59 Å². The molecule has 0 unspecified atom stereocenters. The second kappa shape index (κ2) is 8.02. The van der Waals surface area contributed by atoms with Crippen molar-refractivity contribution in [3.8, 4) is 0 Å². The van der Waals surface area contributed by atoms with Gasteiger partial charge >= 0.3 is 0 Å². The van der Waals surface area contributed by atoms with Gasteiger partial charge in [0.05, 0.1) is 19.4 Å². The third-order valence-corrected chi connectivity index (χ3v) is 3.29. The first-order chi connectivity index (χ1) is 10.6. The third kappa shape index (κ3) is 5.09. The van der Waals surface area contributed by atoms with Crippen LogP contribution in [0.1, 0.15) is 18.2 Å². The van der Waals surface area contributed by atoms with E-state index in [1.165, 1.54) is 17.4 Å². The second-order valence-electron chi connectivity index (χ2n) is 5.04. The maximum Gasteiger partial charge on any atom is 0.239 e. The number of carbonyl (C=O) groups excluding carboxylic acids is 2. The van der Waals surface area contributed by atoms with Gasteiger partial charge in [-0.25, -0.2) is 0 Å². The lowest BCUT2D eigenvalue weighted by molar-refractivity contribution is -0.135. The summed E-state index contributed by atoms with van der Waals surface area (Å²) in [5.74, 6) is 0.333. The highest BCUT2D eigenvalue weighted by atomic mass is 16.3. The minimum absolute atomic E-state index is 0.0326. The standard InChI is InChI=1S/C17H20N2O3/c1-14(20)19(12-16-8-5-11-22-16)13-17(21)18-10-9-15-6-3-2-4-7-15/h2-8,11H,9-10,12-13H2,1H3,(H,18,21). The van der Waals surface area contributed by atoms with Gasteiger partial charge < -0.3 is 14.6 Å². The maximum atomic E-state index is 11.9. The fraction of sp³-hybridized carbons (Fsp3) is 0.294. The predicted octanol–water partition coefficient (Wildman–Crippen LogP) is 1.99. The zero-order chi connectivity index (χ0) is 15.8. The van der Waals surface area contributed by atoms with Crippen LogP contribution in [0.2, 0.25) is 0 Å². The summed E-state index contributed by atoms with van der Waals surface area (Å²) in [4.78, 5) is 25.0. The number of nitrogens with zero attached hydrogens (tertiary/aromatic N) is 1. The van der Waals surface area contributed by atoms with Gasteiger partial charge in [0, 0.05) is 13.5 Å². The van der Waals surface area contributed by atoms with E-state index in [1.54, 1.807) is 18.4 Å². The molecule has 2 aromatic rings. The fourth-order valence-corrected chi connectivity index (χ4v) is 2.09. The number of rotatable bonds is 7. The lowest BCUT2D eigenvalue weighted by Crippen LogP contribution is -2.39. The molecule has 0 atom stereocenters. The largest absolute Gasteiger partial charge is 0.467 e. The van der Waals surface area contributed by atoms with Crippen LogP contribution >= 0.6 is 0 Å². The van der Waals surface area contributed by atoms with E-state index in [0.717, 1.165) is 6.42 Å². The molecule has 0 aliphatic heterocycles. The Hall–Kier alpha value is -2.56. The van der Waals surface area contributed by atoms with Gasteiger partial charge in [-0.2, -0.15) is 0 Å². The molecule has 0 fully saturated rings. The Bertz CT molecular complexity index is 594. The lowest BCUT2D eigenvalue weighted by Gasteiger charge is -2.19. The van der Waals surface area contributed by atoms with Crippen LogP contribution in [0.3, 0.4) is 0 Å². The molecule has 1 aromatic carbocycles. The summed E-state index contributed by atoms with van der Waals surface area (Å²) in [5.41, 5.74) is 1.17. The number of carbonyl (C=O) groups is 2. The molecule has 0 spiro atoms. The first-order valence-corrected chi connectivity index (χ1v) is 7.23. The molecule has 0 saturated heterocycles. The number of benzene rings is 1. The van der Waals surface area contributed by atoms with Gasteiger partial charge in [0.15, 0.2) is 0 Å². The van der Waals surface area contributed by atoms with Gasteiger partial charge in [0.2, 0.25) is 11.8 Å². The first-order valence-electron chi connectivity index (χ1n) is 7.23. The number of nitrogens with one attached hydrogen (secondary N) is 1. The average molecular weight is 300 g/mol. The van der Waals surface area contributed by atoms with Gasteiger partial charge in [-0.1, -0.05) is 30.3 Å². The van der Waals surface area contributed by atoms with Crippen molar-refractivity contribution in [2.75, 3.05) is 13.1 Å². The van der Waals surface area contributed by atoms with Crippen LogP contribution in [0.25, 0.3) is 0 Å².